The first-order chi connectivity index (χ1) is 9.06. The molecule has 1 aliphatic rings. The molecule has 1 saturated heterocycles. The Balaban J connectivity index is 2.48. The molecular formula is C13H17N5O. The first kappa shape index (κ1) is 13.3. The number of hydrogen-bond acceptors (Lipinski definition) is 5. The highest BCUT2D eigenvalue weighted by Crippen LogP contribution is 2.27. The van der Waals surface area contributed by atoms with Gasteiger partial charge in [-0.2, -0.15) is 10.4 Å². The number of piperidine rings is 1. The van der Waals surface area contributed by atoms with Crippen LogP contribution in [0.4, 0.5) is 5.82 Å². The van der Waals surface area contributed by atoms with Gasteiger partial charge in [-0.15, -0.1) is 5.10 Å². The molecule has 1 aromatic heterocycles. The zero-order valence-corrected chi connectivity index (χ0v) is 11.2. The number of nitrogens with zero attached hydrogens (tertiary/aromatic N) is 4. The van der Waals surface area contributed by atoms with E-state index in [0.29, 0.717) is 24.3 Å². The van der Waals surface area contributed by atoms with Crippen molar-refractivity contribution in [2.24, 2.45) is 5.73 Å². The molecule has 19 heavy (non-hydrogen) atoms. The normalized spacial score (nSPS) is 19.0. The standard InChI is InChI=1S/C13H17N5O/c1-8-9(2)16-17-13(10(8)7-14)18-6-4-3-5-11(18)12(15)19/h11H,3-6H2,1-2H3,(H2,15,19). The molecule has 1 aromatic rings. The maximum absolute atomic E-state index is 11.5. The number of carbonyl (C=O) groups excluding carboxylic acids is 1. The molecule has 2 rings (SSSR count). The third-order valence-corrected chi connectivity index (χ3v) is 3.65. The van der Waals surface area contributed by atoms with Gasteiger partial charge in [0, 0.05) is 6.54 Å². The minimum absolute atomic E-state index is 0.372. The molecule has 100 valence electrons. The summed E-state index contributed by atoms with van der Waals surface area (Å²) in [5.41, 5.74) is 7.47. The van der Waals surface area contributed by atoms with Gasteiger partial charge in [0.2, 0.25) is 5.91 Å². The van der Waals surface area contributed by atoms with E-state index in [2.05, 4.69) is 16.3 Å². The Labute approximate surface area is 112 Å². The van der Waals surface area contributed by atoms with Gasteiger partial charge in [0.05, 0.1) is 5.69 Å². The summed E-state index contributed by atoms with van der Waals surface area (Å²) in [5, 5.41) is 17.5. The second-order valence-electron chi connectivity index (χ2n) is 4.83. The quantitative estimate of drug-likeness (QED) is 0.847. The summed E-state index contributed by atoms with van der Waals surface area (Å²) in [5.74, 6) is 0.109. The average molecular weight is 259 g/mol. The van der Waals surface area contributed by atoms with Crippen molar-refractivity contribution in [1.29, 1.82) is 5.26 Å². The highest BCUT2D eigenvalue weighted by Gasteiger charge is 2.30. The van der Waals surface area contributed by atoms with Crippen molar-refractivity contribution in [3.8, 4) is 6.07 Å². The number of anilines is 1. The van der Waals surface area contributed by atoms with Gasteiger partial charge < -0.3 is 10.6 Å². The summed E-state index contributed by atoms with van der Waals surface area (Å²) in [6, 6.07) is 1.77. The van der Waals surface area contributed by atoms with Gasteiger partial charge in [0.1, 0.15) is 17.7 Å². The van der Waals surface area contributed by atoms with E-state index in [4.69, 9.17) is 5.73 Å². The van der Waals surface area contributed by atoms with E-state index >= 15 is 0 Å². The smallest absolute Gasteiger partial charge is 0.240 e. The van der Waals surface area contributed by atoms with Gasteiger partial charge in [0.15, 0.2) is 5.82 Å². The number of carbonyl (C=O) groups is 1. The summed E-state index contributed by atoms with van der Waals surface area (Å²) in [7, 11) is 0. The van der Waals surface area contributed by atoms with Gasteiger partial charge in [0.25, 0.3) is 0 Å². The molecule has 1 unspecified atom stereocenters. The summed E-state index contributed by atoms with van der Waals surface area (Å²) >= 11 is 0. The molecule has 2 N–H and O–H groups in total. The van der Waals surface area contributed by atoms with E-state index < -0.39 is 6.04 Å². The first-order valence-corrected chi connectivity index (χ1v) is 6.36. The lowest BCUT2D eigenvalue weighted by Crippen LogP contribution is -2.48. The van der Waals surface area contributed by atoms with Crippen LogP contribution in [-0.4, -0.2) is 28.7 Å². The Morgan fingerprint density at radius 2 is 2.16 bits per heavy atom. The van der Waals surface area contributed by atoms with Crippen molar-refractivity contribution in [1.82, 2.24) is 10.2 Å². The minimum atomic E-state index is -0.391. The zero-order chi connectivity index (χ0) is 14.0. The lowest BCUT2D eigenvalue weighted by atomic mass is 10.00. The van der Waals surface area contributed by atoms with Crippen LogP contribution in [0.3, 0.4) is 0 Å². The van der Waals surface area contributed by atoms with Crippen LogP contribution in [0.2, 0.25) is 0 Å². The van der Waals surface area contributed by atoms with Crippen LogP contribution in [0.1, 0.15) is 36.1 Å². The highest BCUT2D eigenvalue weighted by molar-refractivity contribution is 5.84. The summed E-state index contributed by atoms with van der Waals surface area (Å²) in [6.07, 6.45) is 2.63. The number of amides is 1. The number of aromatic nitrogens is 2. The van der Waals surface area contributed by atoms with Crippen molar-refractivity contribution in [2.45, 2.75) is 39.2 Å². The van der Waals surface area contributed by atoms with Crippen molar-refractivity contribution in [3.05, 3.63) is 16.8 Å². The van der Waals surface area contributed by atoms with Crippen molar-refractivity contribution in [3.63, 3.8) is 0 Å². The van der Waals surface area contributed by atoms with E-state index in [1.165, 1.54) is 0 Å². The molecule has 0 spiro atoms. The number of aryl methyl sites for hydroxylation is 1. The van der Waals surface area contributed by atoms with Crippen LogP contribution in [-0.2, 0) is 4.79 Å². The third kappa shape index (κ3) is 2.36. The average Bonchev–Trinajstić information content (AvgIpc) is 2.41. The molecule has 0 aromatic carbocycles. The fraction of sp³-hybridized carbons (Fsp3) is 0.538. The maximum atomic E-state index is 11.5. The van der Waals surface area contributed by atoms with E-state index in [1.54, 1.807) is 0 Å². The van der Waals surface area contributed by atoms with Crippen molar-refractivity contribution >= 4 is 11.7 Å². The second-order valence-corrected chi connectivity index (χ2v) is 4.83. The van der Waals surface area contributed by atoms with E-state index in [-0.39, 0.29) is 5.91 Å². The lowest BCUT2D eigenvalue weighted by molar-refractivity contribution is -0.119. The number of hydrogen-bond donors (Lipinski definition) is 1. The molecule has 2 heterocycles. The van der Waals surface area contributed by atoms with Gasteiger partial charge in [-0.05, 0) is 38.7 Å². The monoisotopic (exact) mass is 259 g/mol. The van der Waals surface area contributed by atoms with Gasteiger partial charge in [-0.3, -0.25) is 4.79 Å². The van der Waals surface area contributed by atoms with Crippen LogP contribution in [0.15, 0.2) is 0 Å². The fourth-order valence-corrected chi connectivity index (χ4v) is 2.41. The van der Waals surface area contributed by atoms with Crippen LogP contribution in [0, 0.1) is 25.2 Å². The van der Waals surface area contributed by atoms with E-state index in [9.17, 15) is 10.1 Å². The zero-order valence-electron chi connectivity index (χ0n) is 11.2. The van der Waals surface area contributed by atoms with Gasteiger partial charge >= 0.3 is 0 Å². The Kier molecular flexibility index (Phi) is 3.65. The van der Waals surface area contributed by atoms with Crippen LogP contribution >= 0.6 is 0 Å². The van der Waals surface area contributed by atoms with Gasteiger partial charge in [-0.25, -0.2) is 0 Å². The molecule has 6 heteroatoms. The molecule has 0 bridgehead atoms. The Bertz CT molecular complexity index is 549. The molecule has 1 fully saturated rings. The van der Waals surface area contributed by atoms with E-state index in [1.807, 2.05) is 18.7 Å². The molecule has 0 saturated carbocycles. The number of nitrogens with two attached hydrogens (primary N) is 1. The number of nitriles is 1. The first-order valence-electron chi connectivity index (χ1n) is 6.36. The predicted octanol–water partition coefficient (Wildman–Crippen LogP) is 0.809. The van der Waals surface area contributed by atoms with Crippen LogP contribution in [0.25, 0.3) is 0 Å². The van der Waals surface area contributed by atoms with Crippen LogP contribution in [0.5, 0.6) is 0 Å². The second kappa shape index (κ2) is 5.22. The molecule has 1 atom stereocenters. The Morgan fingerprint density at radius 1 is 1.42 bits per heavy atom. The minimum Gasteiger partial charge on any atom is -0.368 e. The van der Waals surface area contributed by atoms with Crippen LogP contribution < -0.4 is 10.6 Å². The molecule has 1 amide bonds. The molecule has 0 radical (unpaired) electrons. The summed E-state index contributed by atoms with van der Waals surface area (Å²) < 4.78 is 0. The fourth-order valence-electron chi connectivity index (χ4n) is 2.41. The predicted molar refractivity (Wildman–Crippen MR) is 70.4 cm³/mol. The van der Waals surface area contributed by atoms with Crippen molar-refractivity contribution < 1.29 is 4.79 Å². The summed E-state index contributed by atoms with van der Waals surface area (Å²) in [6.45, 7) is 4.34. The Hall–Kier alpha value is -2.16. The maximum Gasteiger partial charge on any atom is 0.240 e. The number of rotatable bonds is 2. The largest absolute Gasteiger partial charge is 0.368 e. The van der Waals surface area contributed by atoms with Gasteiger partial charge in [-0.1, -0.05) is 0 Å². The highest BCUT2D eigenvalue weighted by atomic mass is 16.1. The lowest BCUT2D eigenvalue weighted by Gasteiger charge is -2.34. The molecule has 1 aliphatic heterocycles. The van der Waals surface area contributed by atoms with Crippen molar-refractivity contribution in [2.75, 3.05) is 11.4 Å². The topological polar surface area (TPSA) is 95.9 Å². The molecule has 6 nitrogen and oxygen atoms in total. The summed E-state index contributed by atoms with van der Waals surface area (Å²) in [4.78, 5) is 13.4. The molecular weight excluding hydrogens is 242 g/mol. The Morgan fingerprint density at radius 3 is 2.79 bits per heavy atom. The molecule has 0 aliphatic carbocycles. The third-order valence-electron chi connectivity index (χ3n) is 3.65. The SMILES string of the molecule is Cc1nnc(N2CCCCC2C(N)=O)c(C#N)c1C. The number of primary amides is 1. The van der Waals surface area contributed by atoms with E-state index in [0.717, 1.165) is 24.1 Å².